The van der Waals surface area contributed by atoms with Crippen LogP contribution in [0.2, 0.25) is 0 Å². The lowest BCUT2D eigenvalue weighted by Crippen LogP contribution is -2.61. The third kappa shape index (κ3) is 12.4. The molecule has 1 aliphatic carbocycles. The van der Waals surface area contributed by atoms with Crippen molar-refractivity contribution in [3.8, 4) is 0 Å². The molecule has 13 heteroatoms. The summed E-state index contributed by atoms with van der Waals surface area (Å²) < 4.78 is 0. The van der Waals surface area contributed by atoms with Gasteiger partial charge < -0.3 is 36.4 Å². The van der Waals surface area contributed by atoms with Crippen LogP contribution in [0.5, 0.6) is 0 Å². The van der Waals surface area contributed by atoms with Gasteiger partial charge in [0.15, 0.2) is 0 Å². The van der Waals surface area contributed by atoms with Crippen molar-refractivity contribution < 1.29 is 28.8 Å². The second-order valence-corrected chi connectivity index (χ2v) is 15.5. The first-order valence-corrected chi connectivity index (χ1v) is 19.1. The van der Waals surface area contributed by atoms with Crippen LogP contribution in [0.3, 0.4) is 0 Å². The van der Waals surface area contributed by atoms with Crippen LogP contribution in [0.1, 0.15) is 105 Å². The number of unbranched alkanes of at least 4 members (excludes halogenated alkanes) is 3. The molecule has 0 spiro atoms. The van der Waals surface area contributed by atoms with Crippen LogP contribution < -0.4 is 26.6 Å². The normalized spacial score (nSPS) is 21.5. The zero-order valence-electron chi connectivity index (χ0n) is 31.4. The first-order chi connectivity index (χ1) is 24.3. The molecular weight excluding hydrogens is 650 g/mol. The van der Waals surface area contributed by atoms with Crippen LogP contribution in [-0.2, 0) is 19.2 Å². The van der Waals surface area contributed by atoms with E-state index in [1.54, 1.807) is 11.0 Å². The number of carbonyl (C=O) groups is 6. The topological polar surface area (TPSA) is 169 Å². The van der Waals surface area contributed by atoms with Gasteiger partial charge in [-0.25, -0.2) is 9.59 Å². The van der Waals surface area contributed by atoms with Crippen molar-refractivity contribution in [1.29, 1.82) is 0 Å². The third-order valence-corrected chi connectivity index (χ3v) is 10.5. The number of nitrogens with one attached hydrogen (secondary N) is 5. The maximum absolute atomic E-state index is 14.6. The summed E-state index contributed by atoms with van der Waals surface area (Å²) in [4.78, 5) is 83.9. The fraction of sp³-hybridized carbons (Fsp3) is 0.737. The Morgan fingerprint density at radius 2 is 1.71 bits per heavy atom. The second kappa shape index (κ2) is 20.2. The lowest BCUT2D eigenvalue weighted by atomic mass is 9.83. The predicted molar refractivity (Wildman–Crippen MR) is 198 cm³/mol. The Morgan fingerprint density at radius 3 is 2.33 bits per heavy atom. The highest BCUT2D eigenvalue weighted by Gasteiger charge is 2.44. The van der Waals surface area contributed by atoms with Gasteiger partial charge in [0.2, 0.25) is 17.6 Å². The van der Waals surface area contributed by atoms with Crippen LogP contribution in [0.25, 0.3) is 0 Å². The highest BCUT2D eigenvalue weighted by atomic mass is 16.2. The SMILES string of the molecule is C=CCNC(=O)C(=O)C(CCCCCC)NC(=O)[C@@H]1C[C@@H](C=C)CN1C(=O)[C@@H](NC(=O)N[C@H](CN1CCCNC1=O)C(C)(C)C)C1CCCCC1. The van der Waals surface area contributed by atoms with Crippen molar-refractivity contribution >= 4 is 35.6 Å². The van der Waals surface area contributed by atoms with Gasteiger partial charge in [0.25, 0.3) is 5.91 Å². The molecule has 0 bridgehead atoms. The summed E-state index contributed by atoms with van der Waals surface area (Å²) in [6, 6.07) is -3.87. The number of Topliss-reactive ketones (excluding diaryl/α,β-unsaturated/α-hetero) is 1. The monoisotopic (exact) mass is 713 g/mol. The number of hydrogen-bond donors (Lipinski definition) is 5. The maximum Gasteiger partial charge on any atom is 0.317 e. The molecule has 3 fully saturated rings. The van der Waals surface area contributed by atoms with Crippen LogP contribution >= 0.6 is 0 Å². The third-order valence-electron chi connectivity index (χ3n) is 10.5. The molecule has 5 atom stereocenters. The lowest BCUT2D eigenvalue weighted by Gasteiger charge is -2.38. The van der Waals surface area contributed by atoms with Gasteiger partial charge in [0.05, 0.1) is 12.1 Å². The predicted octanol–water partition coefficient (Wildman–Crippen LogP) is 3.79. The molecule has 2 saturated heterocycles. The molecule has 0 aromatic heterocycles. The fourth-order valence-electron chi connectivity index (χ4n) is 7.23. The number of likely N-dealkylation sites (tertiary alicyclic amines) is 1. The van der Waals surface area contributed by atoms with Crippen molar-refractivity contribution in [2.75, 3.05) is 32.7 Å². The minimum Gasteiger partial charge on any atom is -0.346 e. The summed E-state index contributed by atoms with van der Waals surface area (Å²) in [6.07, 6.45) is 12.6. The molecule has 286 valence electrons. The van der Waals surface area contributed by atoms with E-state index in [0.717, 1.165) is 57.8 Å². The summed E-state index contributed by atoms with van der Waals surface area (Å²) in [5.74, 6) is -2.66. The van der Waals surface area contributed by atoms with Gasteiger partial charge in [-0.3, -0.25) is 19.2 Å². The van der Waals surface area contributed by atoms with Crippen LogP contribution in [0.15, 0.2) is 25.3 Å². The number of carbonyl (C=O) groups excluding carboxylic acids is 6. The quantitative estimate of drug-likeness (QED) is 0.0823. The molecule has 1 saturated carbocycles. The van der Waals surface area contributed by atoms with E-state index in [9.17, 15) is 28.8 Å². The Balaban J connectivity index is 1.82. The number of ketones is 1. The van der Waals surface area contributed by atoms with Crippen LogP contribution in [-0.4, -0.2) is 102 Å². The summed E-state index contributed by atoms with van der Waals surface area (Å²) in [7, 11) is 0. The van der Waals surface area contributed by atoms with E-state index >= 15 is 0 Å². The van der Waals surface area contributed by atoms with Gasteiger partial charge >= 0.3 is 12.1 Å². The molecule has 13 nitrogen and oxygen atoms in total. The average Bonchev–Trinajstić information content (AvgIpc) is 3.56. The average molecular weight is 714 g/mol. The summed E-state index contributed by atoms with van der Waals surface area (Å²) in [5, 5.41) is 14.3. The van der Waals surface area contributed by atoms with Gasteiger partial charge in [-0.05, 0) is 49.4 Å². The zero-order valence-corrected chi connectivity index (χ0v) is 31.4. The Bertz CT molecular complexity index is 1240. The number of nitrogens with zero attached hydrogens (tertiary/aromatic N) is 2. The second-order valence-electron chi connectivity index (χ2n) is 15.5. The Morgan fingerprint density at radius 1 is 0.980 bits per heavy atom. The Labute approximate surface area is 304 Å². The Kier molecular flexibility index (Phi) is 16.5. The number of rotatable bonds is 18. The molecule has 51 heavy (non-hydrogen) atoms. The molecule has 7 amide bonds. The van der Waals surface area contributed by atoms with E-state index in [0.29, 0.717) is 38.9 Å². The molecule has 5 N–H and O–H groups in total. The zero-order chi connectivity index (χ0) is 37.6. The van der Waals surface area contributed by atoms with Crippen molar-refractivity contribution in [3.05, 3.63) is 25.3 Å². The number of hydrogen-bond acceptors (Lipinski definition) is 6. The fourth-order valence-corrected chi connectivity index (χ4v) is 7.23. The minimum atomic E-state index is -1.03. The number of urea groups is 2. The van der Waals surface area contributed by atoms with Gasteiger partial charge in [-0.1, -0.05) is 84.8 Å². The highest BCUT2D eigenvalue weighted by Crippen LogP contribution is 2.31. The molecule has 0 aromatic carbocycles. The van der Waals surface area contributed by atoms with Gasteiger partial charge in [0.1, 0.15) is 12.1 Å². The van der Waals surface area contributed by atoms with Crippen molar-refractivity contribution in [1.82, 2.24) is 36.4 Å². The molecular formula is C38H63N7O6. The van der Waals surface area contributed by atoms with E-state index in [1.807, 2.05) is 20.8 Å². The van der Waals surface area contributed by atoms with Gasteiger partial charge in [-0.15, -0.1) is 13.2 Å². The van der Waals surface area contributed by atoms with Crippen LogP contribution in [0.4, 0.5) is 9.59 Å². The van der Waals surface area contributed by atoms with E-state index in [2.05, 4.69) is 46.7 Å². The van der Waals surface area contributed by atoms with E-state index in [-0.39, 0.29) is 42.3 Å². The summed E-state index contributed by atoms with van der Waals surface area (Å²) in [5.41, 5.74) is -0.387. The minimum absolute atomic E-state index is 0.120. The summed E-state index contributed by atoms with van der Waals surface area (Å²) >= 11 is 0. The maximum atomic E-state index is 14.6. The first kappa shape index (κ1) is 41.5. The Hall–Kier alpha value is -3.90. The lowest BCUT2D eigenvalue weighted by molar-refractivity contribution is -0.143. The largest absolute Gasteiger partial charge is 0.346 e. The van der Waals surface area contributed by atoms with Crippen molar-refractivity contribution in [3.63, 3.8) is 0 Å². The van der Waals surface area contributed by atoms with Crippen molar-refractivity contribution in [2.45, 2.75) is 129 Å². The molecule has 0 aromatic rings. The standard InChI is InChI=1S/C38H63N7O6/c1-7-10-11-15-19-28(32(46)34(48)39-20-8-2)41-33(47)29-23-26(9-3)24-45(29)35(49)31(27-17-13-12-14-18-27)43-36(50)42-30(38(4,5)6)25-44-22-16-21-40-37(44)51/h8-9,26-31H,2-3,7,10-25H2,1,4-6H3,(H,39,48)(H,40,51)(H,41,47)(H2,42,43,50)/t26-,28?,29+,30-,31+/m1/s1. The van der Waals surface area contributed by atoms with Crippen LogP contribution in [0, 0.1) is 17.3 Å². The molecule has 2 heterocycles. The smallest absolute Gasteiger partial charge is 0.317 e. The van der Waals surface area contributed by atoms with E-state index < -0.39 is 47.8 Å². The van der Waals surface area contributed by atoms with Crippen molar-refractivity contribution in [2.24, 2.45) is 17.3 Å². The first-order valence-electron chi connectivity index (χ1n) is 19.1. The van der Waals surface area contributed by atoms with E-state index in [4.69, 9.17) is 0 Å². The molecule has 0 radical (unpaired) electrons. The van der Waals surface area contributed by atoms with Gasteiger partial charge in [-0.2, -0.15) is 0 Å². The van der Waals surface area contributed by atoms with Gasteiger partial charge in [0, 0.05) is 32.7 Å². The molecule has 3 aliphatic rings. The molecule has 3 rings (SSSR count). The highest BCUT2D eigenvalue weighted by molar-refractivity contribution is 6.38. The van der Waals surface area contributed by atoms with E-state index in [1.165, 1.54) is 11.0 Å². The molecule has 2 aliphatic heterocycles. The molecule has 1 unspecified atom stereocenters. The summed E-state index contributed by atoms with van der Waals surface area (Å²) in [6.45, 7) is 17.5. The number of amides is 7.